The van der Waals surface area contributed by atoms with E-state index in [1.54, 1.807) is 19.1 Å². The zero-order valence-electron chi connectivity index (χ0n) is 21.5. The Labute approximate surface area is 213 Å². The highest BCUT2D eigenvalue weighted by Crippen LogP contribution is 2.41. The number of carbonyl (C=O) groups excluding carboxylic acids is 2. The molecule has 1 heterocycles. The zero-order chi connectivity index (χ0) is 25.8. The lowest BCUT2D eigenvalue weighted by molar-refractivity contribution is -0.140. The Morgan fingerprint density at radius 1 is 0.889 bits per heavy atom. The van der Waals surface area contributed by atoms with Gasteiger partial charge in [-0.1, -0.05) is 37.3 Å². The minimum atomic E-state index is -0.363. The lowest BCUT2D eigenvalue weighted by Gasteiger charge is -2.22. The number of Topliss-reactive ketones (excluding diaryl/α,β-unsaturated/α-hetero) is 1. The first-order chi connectivity index (χ1) is 17.6. The average molecular weight is 500 g/mol. The topological polar surface area (TPSA) is 83.5 Å². The standard InChI is InChI=1S/C28H37NO7/c1-4-22-23(12-8-16-34-17-9-14-29-15-13-24(30)28(29)31)27(21-10-6-5-7-11-21)26(36-20-33-3)18-25(22)35-19-32-2/h5-7,10-11,18H,4,8-9,12-17,19-20H2,1-3H3. The first-order valence-corrected chi connectivity index (χ1v) is 12.5. The maximum absolute atomic E-state index is 11.7. The van der Waals surface area contributed by atoms with E-state index in [2.05, 4.69) is 19.1 Å². The summed E-state index contributed by atoms with van der Waals surface area (Å²) in [4.78, 5) is 24.7. The largest absolute Gasteiger partial charge is 0.467 e. The minimum Gasteiger partial charge on any atom is -0.467 e. The number of amides is 1. The van der Waals surface area contributed by atoms with Gasteiger partial charge in [-0.05, 0) is 42.4 Å². The van der Waals surface area contributed by atoms with E-state index >= 15 is 0 Å². The van der Waals surface area contributed by atoms with Crippen LogP contribution in [0.4, 0.5) is 0 Å². The molecule has 2 aromatic carbocycles. The van der Waals surface area contributed by atoms with Crippen molar-refractivity contribution >= 4 is 11.7 Å². The summed E-state index contributed by atoms with van der Waals surface area (Å²) in [6, 6.07) is 12.1. The maximum Gasteiger partial charge on any atom is 0.290 e. The highest BCUT2D eigenvalue weighted by Gasteiger charge is 2.28. The average Bonchev–Trinajstić information content (AvgIpc) is 3.22. The molecule has 1 fully saturated rings. The monoisotopic (exact) mass is 499 g/mol. The number of benzene rings is 2. The predicted molar refractivity (Wildman–Crippen MR) is 136 cm³/mol. The molecule has 2 aromatic rings. The van der Waals surface area contributed by atoms with Crippen LogP contribution in [-0.4, -0.2) is 70.7 Å². The van der Waals surface area contributed by atoms with Crippen molar-refractivity contribution < 1.29 is 33.3 Å². The Bertz CT molecular complexity index is 993. The zero-order valence-corrected chi connectivity index (χ0v) is 21.5. The third-order valence-corrected chi connectivity index (χ3v) is 6.12. The van der Waals surface area contributed by atoms with E-state index in [0.717, 1.165) is 47.3 Å². The molecule has 0 unspecified atom stereocenters. The molecule has 0 saturated carbocycles. The molecule has 1 saturated heterocycles. The second-order valence-corrected chi connectivity index (χ2v) is 8.56. The normalized spacial score (nSPS) is 13.5. The van der Waals surface area contributed by atoms with Crippen LogP contribution in [0.25, 0.3) is 11.1 Å². The highest BCUT2D eigenvalue weighted by atomic mass is 16.7. The summed E-state index contributed by atoms with van der Waals surface area (Å²) in [6.07, 6.45) is 3.42. The molecule has 196 valence electrons. The van der Waals surface area contributed by atoms with E-state index < -0.39 is 0 Å². The molecule has 0 aromatic heterocycles. The molecule has 1 aliphatic heterocycles. The molecule has 1 amide bonds. The summed E-state index contributed by atoms with van der Waals surface area (Å²) in [5.41, 5.74) is 4.38. The van der Waals surface area contributed by atoms with Crippen molar-refractivity contribution in [2.75, 3.05) is 54.1 Å². The van der Waals surface area contributed by atoms with Gasteiger partial charge in [-0.2, -0.15) is 0 Å². The Hall–Kier alpha value is -2.94. The van der Waals surface area contributed by atoms with Crippen LogP contribution < -0.4 is 9.47 Å². The fourth-order valence-corrected chi connectivity index (χ4v) is 4.44. The summed E-state index contributed by atoms with van der Waals surface area (Å²) in [6.45, 7) is 4.60. The van der Waals surface area contributed by atoms with Gasteiger partial charge in [0.25, 0.3) is 5.91 Å². The van der Waals surface area contributed by atoms with Crippen molar-refractivity contribution in [3.05, 3.63) is 47.5 Å². The Morgan fingerprint density at radius 3 is 2.22 bits per heavy atom. The van der Waals surface area contributed by atoms with E-state index in [1.165, 1.54) is 0 Å². The molecule has 0 spiro atoms. The number of carbonyl (C=O) groups is 2. The Balaban J connectivity index is 1.72. The van der Waals surface area contributed by atoms with E-state index in [1.807, 2.05) is 24.3 Å². The van der Waals surface area contributed by atoms with Crippen molar-refractivity contribution in [3.63, 3.8) is 0 Å². The smallest absolute Gasteiger partial charge is 0.290 e. The second-order valence-electron chi connectivity index (χ2n) is 8.56. The van der Waals surface area contributed by atoms with Crippen molar-refractivity contribution in [2.24, 2.45) is 0 Å². The van der Waals surface area contributed by atoms with Gasteiger partial charge in [0.05, 0.1) is 0 Å². The van der Waals surface area contributed by atoms with Gasteiger partial charge in [0.15, 0.2) is 13.6 Å². The summed E-state index contributed by atoms with van der Waals surface area (Å²) < 4.78 is 28.1. The number of ketones is 1. The molecule has 0 bridgehead atoms. The van der Waals surface area contributed by atoms with Gasteiger partial charge < -0.3 is 28.6 Å². The summed E-state index contributed by atoms with van der Waals surface area (Å²) in [5.74, 6) is 0.790. The van der Waals surface area contributed by atoms with Crippen molar-refractivity contribution in [3.8, 4) is 22.6 Å². The fourth-order valence-electron chi connectivity index (χ4n) is 4.44. The molecule has 8 nitrogen and oxygen atoms in total. The number of rotatable bonds is 16. The lowest BCUT2D eigenvalue weighted by atomic mass is 9.89. The van der Waals surface area contributed by atoms with Crippen LogP contribution in [0.2, 0.25) is 0 Å². The first kappa shape index (κ1) is 27.6. The summed E-state index contributed by atoms with van der Waals surface area (Å²) in [5, 5.41) is 0. The molecular weight excluding hydrogens is 462 g/mol. The van der Waals surface area contributed by atoms with Crippen LogP contribution in [0.3, 0.4) is 0 Å². The maximum atomic E-state index is 11.7. The Morgan fingerprint density at radius 2 is 1.58 bits per heavy atom. The van der Waals surface area contributed by atoms with E-state index in [0.29, 0.717) is 44.9 Å². The highest BCUT2D eigenvalue weighted by molar-refractivity contribution is 6.37. The molecule has 3 rings (SSSR count). The van der Waals surface area contributed by atoms with Crippen LogP contribution in [0.1, 0.15) is 37.3 Å². The van der Waals surface area contributed by atoms with Gasteiger partial charge >= 0.3 is 0 Å². The van der Waals surface area contributed by atoms with E-state index in [9.17, 15) is 9.59 Å². The Kier molecular flexibility index (Phi) is 11.2. The quantitative estimate of drug-likeness (QED) is 0.196. The molecule has 0 atom stereocenters. The second kappa shape index (κ2) is 14.6. The third-order valence-electron chi connectivity index (χ3n) is 6.12. The van der Waals surface area contributed by atoms with Gasteiger partial charge in [0.2, 0.25) is 5.78 Å². The van der Waals surface area contributed by atoms with Gasteiger partial charge in [-0.15, -0.1) is 0 Å². The molecule has 0 aliphatic carbocycles. The van der Waals surface area contributed by atoms with Crippen LogP contribution in [0.15, 0.2) is 36.4 Å². The number of methoxy groups -OCH3 is 2. The number of hydrogen-bond donors (Lipinski definition) is 0. The van der Waals surface area contributed by atoms with Gasteiger partial charge in [-0.25, -0.2) is 0 Å². The van der Waals surface area contributed by atoms with Crippen LogP contribution in [-0.2, 0) is 36.6 Å². The molecule has 8 heteroatoms. The van der Waals surface area contributed by atoms with Crippen molar-refractivity contribution in [1.29, 1.82) is 0 Å². The van der Waals surface area contributed by atoms with Crippen LogP contribution in [0.5, 0.6) is 11.5 Å². The third kappa shape index (κ3) is 7.29. The fraction of sp³-hybridized carbons (Fsp3) is 0.500. The summed E-state index contributed by atoms with van der Waals surface area (Å²) >= 11 is 0. The predicted octanol–water partition coefficient (Wildman–Crippen LogP) is 4.02. The minimum absolute atomic E-state index is 0.128. The SMILES string of the molecule is CCc1c(OCOC)cc(OCOC)c(-c2ccccc2)c1CCCOCCCN1CCC(=O)C1=O. The van der Waals surface area contributed by atoms with Crippen LogP contribution in [0, 0.1) is 0 Å². The molecule has 0 radical (unpaired) electrons. The molecule has 0 N–H and O–H groups in total. The van der Waals surface area contributed by atoms with E-state index in [4.69, 9.17) is 23.7 Å². The number of nitrogens with zero attached hydrogens (tertiary/aromatic N) is 1. The molecule has 36 heavy (non-hydrogen) atoms. The first-order valence-electron chi connectivity index (χ1n) is 12.5. The van der Waals surface area contributed by atoms with Gasteiger partial charge in [0.1, 0.15) is 11.5 Å². The van der Waals surface area contributed by atoms with Gasteiger partial charge in [-0.3, -0.25) is 9.59 Å². The summed E-state index contributed by atoms with van der Waals surface area (Å²) in [7, 11) is 3.20. The number of hydrogen-bond acceptors (Lipinski definition) is 7. The lowest BCUT2D eigenvalue weighted by Crippen LogP contribution is -2.29. The molecule has 1 aliphatic rings. The van der Waals surface area contributed by atoms with Gasteiger partial charge in [0, 0.05) is 58.6 Å². The number of likely N-dealkylation sites (tertiary alicyclic amines) is 1. The van der Waals surface area contributed by atoms with Crippen LogP contribution >= 0.6 is 0 Å². The van der Waals surface area contributed by atoms with Crippen molar-refractivity contribution in [2.45, 2.75) is 39.0 Å². The van der Waals surface area contributed by atoms with E-state index in [-0.39, 0.29) is 25.3 Å². The number of ether oxygens (including phenoxy) is 5. The molecular formula is C28H37NO7. The van der Waals surface area contributed by atoms with Crippen molar-refractivity contribution in [1.82, 2.24) is 4.90 Å².